The fourth-order valence-electron chi connectivity index (χ4n) is 3.40. The van der Waals surface area contributed by atoms with E-state index >= 15 is 0 Å². The van der Waals surface area contributed by atoms with Crippen LogP contribution in [0, 0.1) is 0 Å². The van der Waals surface area contributed by atoms with E-state index in [1.165, 1.54) is 0 Å². The summed E-state index contributed by atoms with van der Waals surface area (Å²) < 4.78 is 6.15. The second-order valence-electron chi connectivity index (χ2n) is 6.20. The van der Waals surface area contributed by atoms with Crippen LogP contribution in [0.15, 0.2) is 41.8 Å². The third-order valence-corrected chi connectivity index (χ3v) is 5.45. The Morgan fingerprint density at radius 2 is 2.13 bits per heavy atom. The average molecular weight is 327 g/mol. The normalized spacial score (nSPS) is 23.0. The highest BCUT2D eigenvalue weighted by atomic mass is 32.1. The number of ether oxygens (including phenoxy) is 1. The van der Waals surface area contributed by atoms with Crippen LogP contribution in [-0.2, 0) is 11.2 Å². The van der Waals surface area contributed by atoms with Crippen LogP contribution in [0.25, 0.3) is 0 Å². The minimum Gasteiger partial charge on any atom is -0.484 e. The molecule has 0 aliphatic carbocycles. The Hall–Kier alpha value is -2.14. The molecule has 118 valence electrons. The highest BCUT2D eigenvalue weighted by Crippen LogP contribution is 2.38. The number of benzene rings is 1. The number of carbonyl (C=O) groups is 2. The van der Waals surface area contributed by atoms with Crippen molar-refractivity contribution >= 4 is 23.0 Å². The lowest BCUT2D eigenvalue weighted by atomic mass is 9.89. The maximum absolute atomic E-state index is 12.5. The largest absolute Gasteiger partial charge is 0.484 e. The molecule has 0 saturated carbocycles. The third-order valence-electron chi connectivity index (χ3n) is 4.57. The van der Waals surface area contributed by atoms with E-state index in [9.17, 15) is 9.59 Å². The smallest absolute Gasteiger partial charge is 0.227 e. The van der Waals surface area contributed by atoms with Crippen molar-refractivity contribution in [1.29, 1.82) is 0 Å². The van der Waals surface area contributed by atoms with Crippen molar-refractivity contribution in [1.82, 2.24) is 4.90 Å². The van der Waals surface area contributed by atoms with Gasteiger partial charge in [-0.25, -0.2) is 0 Å². The summed E-state index contributed by atoms with van der Waals surface area (Å²) in [7, 11) is 0. The molecule has 23 heavy (non-hydrogen) atoms. The monoisotopic (exact) mass is 327 g/mol. The number of likely N-dealkylation sites (tertiary alicyclic amines) is 1. The molecular formula is C18H17NO3S. The lowest BCUT2D eigenvalue weighted by Gasteiger charge is -2.34. The van der Waals surface area contributed by atoms with Gasteiger partial charge < -0.3 is 9.64 Å². The number of Topliss-reactive ketones (excluding diaryl/α,β-unsaturated/α-hetero) is 1. The molecule has 1 unspecified atom stereocenters. The Bertz CT molecular complexity index is 755. The van der Waals surface area contributed by atoms with Crippen molar-refractivity contribution in [3.63, 3.8) is 0 Å². The van der Waals surface area contributed by atoms with E-state index in [1.807, 2.05) is 40.6 Å². The number of hydrogen-bond acceptors (Lipinski definition) is 4. The summed E-state index contributed by atoms with van der Waals surface area (Å²) in [4.78, 5) is 27.8. The van der Waals surface area contributed by atoms with Gasteiger partial charge in [-0.05, 0) is 23.6 Å². The molecule has 1 atom stereocenters. The molecular weight excluding hydrogens is 310 g/mol. The molecule has 1 aromatic heterocycles. The fourth-order valence-corrected chi connectivity index (χ4v) is 4.10. The minimum absolute atomic E-state index is 0.110. The van der Waals surface area contributed by atoms with E-state index in [1.54, 1.807) is 17.4 Å². The molecule has 2 aliphatic rings. The van der Waals surface area contributed by atoms with Gasteiger partial charge in [0.15, 0.2) is 5.78 Å². The number of hydrogen-bond donors (Lipinski definition) is 0. The van der Waals surface area contributed by atoms with E-state index in [2.05, 4.69) is 0 Å². The summed E-state index contributed by atoms with van der Waals surface area (Å²) in [6, 6.07) is 11.3. The summed E-state index contributed by atoms with van der Waals surface area (Å²) in [6.07, 6.45) is 1.49. The van der Waals surface area contributed by atoms with Gasteiger partial charge in [0.25, 0.3) is 0 Å². The number of fused-ring (bicyclic) bond motifs is 1. The summed E-state index contributed by atoms with van der Waals surface area (Å²) in [5, 5.41) is 1.98. The number of nitrogens with zero attached hydrogens (tertiary/aromatic N) is 1. The topological polar surface area (TPSA) is 46.6 Å². The van der Waals surface area contributed by atoms with E-state index in [0.29, 0.717) is 43.7 Å². The average Bonchev–Trinajstić information content (AvgIpc) is 3.18. The number of thiophene rings is 1. The van der Waals surface area contributed by atoms with Crippen LogP contribution in [0.4, 0.5) is 0 Å². The highest BCUT2D eigenvalue weighted by Gasteiger charge is 2.46. The maximum atomic E-state index is 12.5. The number of amides is 1. The van der Waals surface area contributed by atoms with Crippen molar-refractivity contribution in [3.8, 4) is 5.75 Å². The van der Waals surface area contributed by atoms with Gasteiger partial charge in [-0.1, -0.05) is 18.2 Å². The van der Waals surface area contributed by atoms with Crippen molar-refractivity contribution < 1.29 is 14.3 Å². The second kappa shape index (κ2) is 5.49. The Morgan fingerprint density at radius 3 is 2.96 bits per heavy atom. The van der Waals surface area contributed by atoms with Gasteiger partial charge in [-0.15, -0.1) is 11.3 Å². The molecule has 1 aromatic carbocycles. The molecule has 0 bridgehead atoms. The third kappa shape index (κ3) is 2.65. The van der Waals surface area contributed by atoms with Gasteiger partial charge in [-0.3, -0.25) is 9.59 Å². The van der Waals surface area contributed by atoms with Crippen LogP contribution in [0.5, 0.6) is 5.75 Å². The first-order valence-electron chi connectivity index (χ1n) is 7.77. The van der Waals surface area contributed by atoms with Crippen LogP contribution in [0.3, 0.4) is 0 Å². The lowest BCUT2D eigenvalue weighted by molar-refractivity contribution is -0.130. The Labute approximate surface area is 138 Å². The molecule has 4 nitrogen and oxygen atoms in total. The molecule has 0 radical (unpaired) electrons. The number of ketones is 1. The lowest BCUT2D eigenvalue weighted by Crippen LogP contribution is -2.45. The van der Waals surface area contributed by atoms with E-state index in [0.717, 1.165) is 4.88 Å². The summed E-state index contributed by atoms with van der Waals surface area (Å²) >= 11 is 1.60. The molecule has 5 heteroatoms. The molecule has 1 fully saturated rings. The predicted octanol–water partition coefficient (Wildman–Crippen LogP) is 2.93. The molecule has 1 saturated heterocycles. The van der Waals surface area contributed by atoms with Gasteiger partial charge in [0.05, 0.1) is 24.9 Å². The van der Waals surface area contributed by atoms with Crippen molar-refractivity contribution in [2.45, 2.75) is 24.9 Å². The van der Waals surface area contributed by atoms with Crippen LogP contribution < -0.4 is 4.74 Å². The fraction of sp³-hybridized carbons (Fsp3) is 0.333. The zero-order valence-electron chi connectivity index (χ0n) is 12.7. The highest BCUT2D eigenvalue weighted by molar-refractivity contribution is 7.10. The van der Waals surface area contributed by atoms with E-state index < -0.39 is 5.60 Å². The first-order valence-corrected chi connectivity index (χ1v) is 8.65. The molecule has 1 spiro atoms. The summed E-state index contributed by atoms with van der Waals surface area (Å²) in [5.74, 6) is 0.870. The van der Waals surface area contributed by atoms with Crippen molar-refractivity contribution in [2.24, 2.45) is 0 Å². The summed E-state index contributed by atoms with van der Waals surface area (Å²) in [5.41, 5.74) is 0.109. The first kappa shape index (κ1) is 14.5. The van der Waals surface area contributed by atoms with Gasteiger partial charge >= 0.3 is 0 Å². The van der Waals surface area contributed by atoms with Crippen LogP contribution in [0.1, 0.15) is 28.1 Å². The van der Waals surface area contributed by atoms with Crippen LogP contribution >= 0.6 is 11.3 Å². The van der Waals surface area contributed by atoms with Crippen LogP contribution in [-0.4, -0.2) is 35.3 Å². The second-order valence-corrected chi connectivity index (χ2v) is 7.23. The molecule has 4 rings (SSSR count). The number of rotatable bonds is 2. The quantitative estimate of drug-likeness (QED) is 0.852. The first-order chi connectivity index (χ1) is 11.2. The van der Waals surface area contributed by atoms with Gasteiger partial charge in [0.2, 0.25) is 5.91 Å². The zero-order valence-corrected chi connectivity index (χ0v) is 13.5. The van der Waals surface area contributed by atoms with E-state index in [4.69, 9.17) is 4.74 Å². The molecule has 0 N–H and O–H groups in total. The Balaban J connectivity index is 1.50. The zero-order chi connectivity index (χ0) is 15.9. The minimum atomic E-state index is -0.545. The molecule has 3 heterocycles. The standard InChI is InChI=1S/C18H17NO3S/c20-15-11-18(22-16-6-2-1-5-14(15)16)7-8-19(12-18)17(21)10-13-4-3-9-23-13/h1-6,9H,7-8,10-12H2. The Morgan fingerprint density at radius 1 is 1.26 bits per heavy atom. The van der Waals surface area contributed by atoms with Crippen molar-refractivity contribution in [2.75, 3.05) is 13.1 Å². The van der Waals surface area contributed by atoms with Gasteiger partial charge in [-0.2, -0.15) is 0 Å². The number of para-hydroxylation sites is 1. The SMILES string of the molecule is O=C1CC2(CCN(C(=O)Cc3cccs3)C2)Oc2ccccc21. The van der Waals surface area contributed by atoms with Gasteiger partial charge in [0.1, 0.15) is 11.4 Å². The summed E-state index contributed by atoms with van der Waals surface area (Å²) in [6.45, 7) is 1.15. The molecule has 2 aliphatic heterocycles. The Kier molecular flexibility index (Phi) is 3.45. The molecule has 2 aromatic rings. The predicted molar refractivity (Wildman–Crippen MR) is 88.0 cm³/mol. The molecule has 1 amide bonds. The van der Waals surface area contributed by atoms with Gasteiger partial charge in [0, 0.05) is 17.8 Å². The maximum Gasteiger partial charge on any atom is 0.227 e. The van der Waals surface area contributed by atoms with Crippen LogP contribution in [0.2, 0.25) is 0 Å². The van der Waals surface area contributed by atoms with E-state index in [-0.39, 0.29) is 11.7 Å². The number of carbonyl (C=O) groups excluding carboxylic acids is 2. The van der Waals surface area contributed by atoms with Crippen molar-refractivity contribution in [3.05, 3.63) is 52.2 Å².